The molecular formula is C21H24BrClO6. The van der Waals surface area contributed by atoms with E-state index in [4.69, 9.17) is 21.1 Å². The standard InChI is InChI=1S/C21H24BrClO6/c1-2-28-16-6-3-11(8-14(16)22)7-13-9-12(4-5-15(13)23)21-20(27)19(26)18(25)17(10-24)29-21/h3-6,8-9,17-21,24-27H,2,7,10H2,1H3/t17-,18-,19+,20-,21+/m1/s1. The summed E-state index contributed by atoms with van der Waals surface area (Å²) in [6.45, 7) is 2.03. The summed E-state index contributed by atoms with van der Waals surface area (Å²) in [4.78, 5) is 0. The Morgan fingerprint density at radius 1 is 1.07 bits per heavy atom. The third kappa shape index (κ3) is 4.94. The number of benzene rings is 2. The lowest BCUT2D eigenvalue weighted by Crippen LogP contribution is -2.55. The predicted octanol–water partition coefficient (Wildman–Crippen LogP) is 2.61. The highest BCUT2D eigenvalue weighted by Crippen LogP contribution is 2.35. The van der Waals surface area contributed by atoms with Crippen molar-refractivity contribution in [2.75, 3.05) is 13.2 Å². The number of halogens is 2. The molecule has 6 nitrogen and oxygen atoms in total. The van der Waals surface area contributed by atoms with Crippen molar-refractivity contribution >= 4 is 27.5 Å². The first-order valence-corrected chi connectivity index (χ1v) is 10.5. The van der Waals surface area contributed by atoms with Gasteiger partial charge in [0.25, 0.3) is 0 Å². The Morgan fingerprint density at radius 3 is 2.48 bits per heavy atom. The molecule has 0 spiro atoms. The molecule has 5 atom stereocenters. The topological polar surface area (TPSA) is 99.4 Å². The van der Waals surface area contributed by atoms with Crippen molar-refractivity contribution in [3.8, 4) is 5.75 Å². The second-order valence-electron chi connectivity index (χ2n) is 6.97. The molecule has 0 aliphatic carbocycles. The Morgan fingerprint density at radius 2 is 1.83 bits per heavy atom. The summed E-state index contributed by atoms with van der Waals surface area (Å²) in [5, 5.41) is 40.4. The van der Waals surface area contributed by atoms with Gasteiger partial charge in [-0.3, -0.25) is 0 Å². The van der Waals surface area contributed by atoms with Gasteiger partial charge in [-0.15, -0.1) is 0 Å². The summed E-state index contributed by atoms with van der Waals surface area (Å²) in [7, 11) is 0. The quantitative estimate of drug-likeness (QED) is 0.500. The van der Waals surface area contributed by atoms with Crippen molar-refractivity contribution in [3.63, 3.8) is 0 Å². The molecular weight excluding hydrogens is 464 g/mol. The largest absolute Gasteiger partial charge is 0.493 e. The second kappa shape index (κ2) is 9.75. The van der Waals surface area contributed by atoms with E-state index in [2.05, 4.69) is 15.9 Å². The fraction of sp³-hybridized carbons (Fsp3) is 0.429. The van der Waals surface area contributed by atoms with Crippen LogP contribution in [0, 0.1) is 0 Å². The second-order valence-corrected chi connectivity index (χ2v) is 8.24. The normalized spacial score (nSPS) is 27.1. The van der Waals surface area contributed by atoms with Gasteiger partial charge in [0.15, 0.2) is 0 Å². The van der Waals surface area contributed by atoms with E-state index >= 15 is 0 Å². The van der Waals surface area contributed by atoms with Crippen LogP contribution in [0.2, 0.25) is 5.02 Å². The molecule has 3 rings (SSSR count). The highest BCUT2D eigenvalue weighted by Gasteiger charge is 2.44. The molecule has 2 aromatic rings. The highest BCUT2D eigenvalue weighted by molar-refractivity contribution is 9.10. The molecule has 1 aliphatic rings. The van der Waals surface area contributed by atoms with Crippen molar-refractivity contribution in [1.29, 1.82) is 0 Å². The molecule has 4 N–H and O–H groups in total. The van der Waals surface area contributed by atoms with E-state index in [0.717, 1.165) is 21.3 Å². The van der Waals surface area contributed by atoms with Crippen molar-refractivity contribution in [3.05, 3.63) is 62.6 Å². The fourth-order valence-electron chi connectivity index (χ4n) is 3.43. The van der Waals surface area contributed by atoms with Gasteiger partial charge >= 0.3 is 0 Å². The Hall–Kier alpha value is -1.19. The number of rotatable bonds is 6. The minimum atomic E-state index is -1.42. The first-order chi connectivity index (χ1) is 13.8. The molecule has 29 heavy (non-hydrogen) atoms. The van der Waals surface area contributed by atoms with Crippen LogP contribution in [0.1, 0.15) is 29.7 Å². The van der Waals surface area contributed by atoms with Crippen LogP contribution in [-0.4, -0.2) is 58.1 Å². The molecule has 158 valence electrons. The monoisotopic (exact) mass is 486 g/mol. The summed E-state index contributed by atoms with van der Waals surface area (Å²) < 4.78 is 12.0. The molecule has 0 radical (unpaired) electrons. The van der Waals surface area contributed by atoms with Gasteiger partial charge in [-0.05, 0) is 64.2 Å². The summed E-state index contributed by atoms with van der Waals surface area (Å²) in [6, 6.07) is 11.0. The molecule has 0 amide bonds. The molecule has 1 aliphatic heterocycles. The van der Waals surface area contributed by atoms with E-state index in [0.29, 0.717) is 23.6 Å². The lowest BCUT2D eigenvalue weighted by atomic mass is 9.90. The van der Waals surface area contributed by atoms with Crippen molar-refractivity contribution in [2.24, 2.45) is 0 Å². The molecule has 8 heteroatoms. The van der Waals surface area contributed by atoms with E-state index in [1.165, 1.54) is 0 Å². The van der Waals surface area contributed by atoms with Gasteiger partial charge in [-0.25, -0.2) is 0 Å². The van der Waals surface area contributed by atoms with Gasteiger partial charge in [0.05, 0.1) is 17.7 Å². The lowest BCUT2D eigenvalue weighted by Gasteiger charge is -2.40. The summed E-state index contributed by atoms with van der Waals surface area (Å²) in [5.41, 5.74) is 2.43. The average Bonchev–Trinajstić information content (AvgIpc) is 2.70. The van der Waals surface area contributed by atoms with E-state index < -0.39 is 37.1 Å². The average molecular weight is 488 g/mol. The summed E-state index contributed by atoms with van der Waals surface area (Å²) >= 11 is 9.89. The van der Waals surface area contributed by atoms with Gasteiger partial charge in [0.1, 0.15) is 36.3 Å². The fourth-order valence-corrected chi connectivity index (χ4v) is 4.16. The Labute approximate surface area is 182 Å². The van der Waals surface area contributed by atoms with Crippen LogP contribution in [0.15, 0.2) is 40.9 Å². The molecule has 0 unspecified atom stereocenters. The zero-order chi connectivity index (χ0) is 21.1. The van der Waals surface area contributed by atoms with Gasteiger partial charge in [0, 0.05) is 5.02 Å². The first-order valence-electron chi connectivity index (χ1n) is 9.35. The third-order valence-electron chi connectivity index (χ3n) is 4.98. The number of hydrogen-bond acceptors (Lipinski definition) is 6. The van der Waals surface area contributed by atoms with E-state index in [1.807, 2.05) is 25.1 Å². The third-order valence-corrected chi connectivity index (χ3v) is 5.97. The Bertz CT molecular complexity index is 846. The minimum Gasteiger partial charge on any atom is -0.493 e. The molecule has 0 saturated carbocycles. The molecule has 1 saturated heterocycles. The minimum absolute atomic E-state index is 0.470. The van der Waals surface area contributed by atoms with E-state index in [9.17, 15) is 20.4 Å². The van der Waals surface area contributed by atoms with Gasteiger partial charge in [-0.1, -0.05) is 29.8 Å². The molecule has 1 heterocycles. The predicted molar refractivity (Wildman–Crippen MR) is 112 cm³/mol. The summed E-state index contributed by atoms with van der Waals surface area (Å²) in [6.07, 6.45) is -5.46. The van der Waals surface area contributed by atoms with Crippen LogP contribution in [0.5, 0.6) is 5.75 Å². The maximum atomic E-state index is 10.4. The zero-order valence-corrected chi connectivity index (χ0v) is 18.2. The smallest absolute Gasteiger partial charge is 0.133 e. The Balaban J connectivity index is 1.85. The number of hydrogen-bond donors (Lipinski definition) is 4. The SMILES string of the molecule is CCOc1ccc(Cc2cc([C@@H]3O[C@H](CO)[C@@H](O)[C@H](O)[C@H]3O)ccc2Cl)cc1Br. The number of ether oxygens (including phenoxy) is 2. The van der Waals surface area contributed by atoms with E-state index in [-0.39, 0.29) is 0 Å². The van der Waals surface area contributed by atoms with Crippen LogP contribution in [0.4, 0.5) is 0 Å². The van der Waals surface area contributed by atoms with Gasteiger partial charge in [0.2, 0.25) is 0 Å². The van der Waals surface area contributed by atoms with Crippen LogP contribution in [0.25, 0.3) is 0 Å². The number of aliphatic hydroxyl groups excluding tert-OH is 4. The molecule has 0 bridgehead atoms. The van der Waals surface area contributed by atoms with Crippen molar-refractivity contribution in [2.45, 2.75) is 43.9 Å². The summed E-state index contributed by atoms with van der Waals surface area (Å²) in [5.74, 6) is 0.761. The van der Waals surface area contributed by atoms with Crippen LogP contribution >= 0.6 is 27.5 Å². The maximum Gasteiger partial charge on any atom is 0.133 e. The first kappa shape index (κ1) is 22.5. The molecule has 0 aromatic heterocycles. The highest BCUT2D eigenvalue weighted by atomic mass is 79.9. The van der Waals surface area contributed by atoms with Crippen molar-refractivity contribution in [1.82, 2.24) is 0 Å². The maximum absolute atomic E-state index is 10.4. The van der Waals surface area contributed by atoms with Crippen LogP contribution in [-0.2, 0) is 11.2 Å². The van der Waals surface area contributed by atoms with Crippen molar-refractivity contribution < 1.29 is 29.9 Å². The molecule has 2 aromatic carbocycles. The van der Waals surface area contributed by atoms with E-state index in [1.54, 1.807) is 18.2 Å². The van der Waals surface area contributed by atoms with Crippen LogP contribution in [0.3, 0.4) is 0 Å². The van der Waals surface area contributed by atoms with Gasteiger partial charge in [-0.2, -0.15) is 0 Å². The van der Waals surface area contributed by atoms with Crippen LogP contribution < -0.4 is 4.74 Å². The zero-order valence-electron chi connectivity index (χ0n) is 15.8. The molecule has 1 fully saturated rings. The van der Waals surface area contributed by atoms with Gasteiger partial charge < -0.3 is 29.9 Å². The number of aliphatic hydroxyl groups is 4. The Kier molecular flexibility index (Phi) is 7.56. The lowest BCUT2D eigenvalue weighted by molar-refractivity contribution is -0.231.